The second kappa shape index (κ2) is 7.26. The van der Waals surface area contributed by atoms with Gasteiger partial charge in [-0.1, -0.05) is 6.92 Å². The summed E-state index contributed by atoms with van der Waals surface area (Å²) in [7, 11) is 1.87. The molecule has 1 aromatic rings. The van der Waals surface area contributed by atoms with E-state index in [4.69, 9.17) is 5.73 Å². The number of pyridine rings is 1. The number of rotatable bonds is 6. The van der Waals surface area contributed by atoms with Crippen LogP contribution in [0.1, 0.15) is 19.0 Å². The molecule has 1 amide bonds. The van der Waals surface area contributed by atoms with Crippen molar-refractivity contribution >= 4 is 23.4 Å². The minimum absolute atomic E-state index is 0.105. The van der Waals surface area contributed by atoms with Crippen LogP contribution >= 0.6 is 11.8 Å². The summed E-state index contributed by atoms with van der Waals surface area (Å²) in [6, 6.07) is 3.87. The van der Waals surface area contributed by atoms with E-state index in [1.54, 1.807) is 30.1 Å². The summed E-state index contributed by atoms with van der Waals surface area (Å²) in [4.78, 5) is 18.1. The quantitative estimate of drug-likeness (QED) is 0.854. The van der Waals surface area contributed by atoms with Crippen molar-refractivity contribution in [2.45, 2.75) is 25.8 Å². The van der Waals surface area contributed by atoms with Crippen molar-refractivity contribution in [2.24, 2.45) is 0 Å². The van der Waals surface area contributed by atoms with Crippen molar-refractivity contribution in [3.05, 3.63) is 24.0 Å². The number of aromatic nitrogens is 1. The van der Waals surface area contributed by atoms with Gasteiger partial charge in [-0.05, 0) is 24.8 Å². The topological polar surface area (TPSA) is 59.2 Å². The maximum absolute atomic E-state index is 12.1. The van der Waals surface area contributed by atoms with Gasteiger partial charge in [-0.15, -0.1) is 0 Å². The van der Waals surface area contributed by atoms with Crippen molar-refractivity contribution in [1.29, 1.82) is 0 Å². The van der Waals surface area contributed by atoms with Crippen LogP contribution in [0, 0.1) is 0 Å². The maximum atomic E-state index is 12.1. The number of likely N-dealkylation sites (N-methyl/N-ethyl adjacent to an activating group) is 1. The summed E-state index contributed by atoms with van der Waals surface area (Å²) >= 11 is 1.76. The van der Waals surface area contributed by atoms with Crippen molar-refractivity contribution in [3.63, 3.8) is 0 Å². The van der Waals surface area contributed by atoms with Gasteiger partial charge < -0.3 is 10.6 Å². The molecule has 18 heavy (non-hydrogen) atoms. The van der Waals surface area contributed by atoms with E-state index in [1.807, 2.05) is 11.9 Å². The van der Waals surface area contributed by atoms with Crippen molar-refractivity contribution in [2.75, 3.05) is 24.8 Å². The highest BCUT2D eigenvalue weighted by Gasteiger charge is 2.18. The minimum atomic E-state index is 0.105. The number of hydrogen-bond donors (Lipinski definition) is 1. The Morgan fingerprint density at radius 1 is 1.56 bits per heavy atom. The van der Waals surface area contributed by atoms with E-state index < -0.39 is 0 Å². The molecule has 0 bridgehead atoms. The Balaban J connectivity index is 2.61. The highest BCUT2D eigenvalue weighted by Crippen LogP contribution is 2.10. The number of anilines is 1. The third-order valence-electron chi connectivity index (χ3n) is 2.95. The van der Waals surface area contributed by atoms with E-state index in [9.17, 15) is 4.79 Å². The molecule has 1 heterocycles. The zero-order chi connectivity index (χ0) is 13.5. The number of nitrogens with zero attached hydrogens (tertiary/aromatic N) is 2. The predicted octanol–water partition coefficient (Wildman–Crippen LogP) is 1.81. The second-order valence-electron chi connectivity index (χ2n) is 4.28. The summed E-state index contributed by atoms with van der Waals surface area (Å²) in [6.07, 6.45) is 4.95. The largest absolute Gasteiger partial charge is 0.397 e. The van der Waals surface area contributed by atoms with Gasteiger partial charge in [0.1, 0.15) is 0 Å². The van der Waals surface area contributed by atoms with Gasteiger partial charge in [0.05, 0.1) is 18.3 Å². The first-order valence-electron chi connectivity index (χ1n) is 6.03. The average molecular weight is 267 g/mol. The van der Waals surface area contributed by atoms with Crippen LogP contribution in [0.25, 0.3) is 0 Å². The summed E-state index contributed by atoms with van der Waals surface area (Å²) in [5.41, 5.74) is 6.95. The molecular weight excluding hydrogens is 246 g/mol. The fourth-order valence-corrected chi connectivity index (χ4v) is 2.56. The number of nitrogen functional groups attached to an aromatic ring is 1. The number of carbonyl (C=O) groups excluding carboxylic acids is 1. The zero-order valence-corrected chi connectivity index (χ0v) is 12.0. The van der Waals surface area contributed by atoms with Crippen LogP contribution in [0.4, 0.5) is 5.69 Å². The van der Waals surface area contributed by atoms with Gasteiger partial charge in [-0.25, -0.2) is 0 Å². The van der Waals surface area contributed by atoms with E-state index in [0.717, 1.165) is 17.9 Å². The number of nitrogens with two attached hydrogens (primary N) is 1. The molecule has 0 radical (unpaired) electrons. The van der Waals surface area contributed by atoms with E-state index in [-0.39, 0.29) is 5.91 Å². The predicted molar refractivity (Wildman–Crippen MR) is 77.6 cm³/mol. The smallest absolute Gasteiger partial charge is 0.228 e. The molecule has 2 N–H and O–H groups in total. The lowest BCUT2D eigenvalue weighted by Crippen LogP contribution is -2.39. The molecule has 1 unspecified atom stereocenters. The zero-order valence-electron chi connectivity index (χ0n) is 11.2. The Hall–Kier alpha value is -1.23. The molecule has 4 nitrogen and oxygen atoms in total. The summed E-state index contributed by atoms with van der Waals surface area (Å²) in [5.74, 6) is 1.07. The highest BCUT2D eigenvalue weighted by molar-refractivity contribution is 7.98. The Kier molecular flexibility index (Phi) is 5.98. The fourth-order valence-electron chi connectivity index (χ4n) is 1.72. The number of amides is 1. The monoisotopic (exact) mass is 267 g/mol. The van der Waals surface area contributed by atoms with Gasteiger partial charge in [-0.3, -0.25) is 9.78 Å². The second-order valence-corrected chi connectivity index (χ2v) is 5.19. The molecule has 0 aromatic carbocycles. The molecule has 100 valence electrons. The standard InChI is InChI=1S/C13H21N3OS/c1-4-12(9-18-3)16(2)13(17)7-11-6-5-10(14)8-15-11/h5-6,8,12H,4,7,9,14H2,1-3H3. The van der Waals surface area contributed by atoms with E-state index in [2.05, 4.69) is 18.2 Å². The Morgan fingerprint density at radius 3 is 2.78 bits per heavy atom. The van der Waals surface area contributed by atoms with Crippen molar-refractivity contribution in [3.8, 4) is 0 Å². The lowest BCUT2D eigenvalue weighted by molar-refractivity contribution is -0.130. The lowest BCUT2D eigenvalue weighted by atomic mass is 10.2. The van der Waals surface area contributed by atoms with Gasteiger partial charge in [-0.2, -0.15) is 11.8 Å². The lowest BCUT2D eigenvalue weighted by Gasteiger charge is -2.26. The normalized spacial score (nSPS) is 12.2. The molecule has 1 aromatic heterocycles. The van der Waals surface area contributed by atoms with Gasteiger partial charge in [0, 0.05) is 24.5 Å². The Morgan fingerprint density at radius 2 is 2.28 bits per heavy atom. The molecule has 1 rings (SSSR count). The maximum Gasteiger partial charge on any atom is 0.228 e. The highest BCUT2D eigenvalue weighted by atomic mass is 32.2. The first kappa shape index (κ1) is 14.8. The van der Waals surface area contributed by atoms with Crippen molar-refractivity contribution < 1.29 is 4.79 Å². The molecular formula is C13H21N3OS. The third kappa shape index (κ3) is 4.22. The Labute approximate surface area is 113 Å². The minimum Gasteiger partial charge on any atom is -0.397 e. The van der Waals surface area contributed by atoms with Crippen LogP contribution in [0.15, 0.2) is 18.3 Å². The van der Waals surface area contributed by atoms with Crippen molar-refractivity contribution in [1.82, 2.24) is 9.88 Å². The molecule has 0 aliphatic rings. The fraction of sp³-hybridized carbons (Fsp3) is 0.538. The molecule has 0 fully saturated rings. The Bertz CT molecular complexity index is 380. The van der Waals surface area contributed by atoms with Crippen LogP contribution < -0.4 is 5.73 Å². The van der Waals surface area contributed by atoms with E-state index in [0.29, 0.717) is 18.2 Å². The number of thioether (sulfide) groups is 1. The summed E-state index contributed by atoms with van der Waals surface area (Å²) in [5, 5.41) is 0. The first-order chi connectivity index (χ1) is 8.58. The SMILES string of the molecule is CCC(CSC)N(C)C(=O)Cc1ccc(N)cn1. The van der Waals surface area contributed by atoms with Gasteiger partial charge in [0.2, 0.25) is 5.91 Å². The molecule has 0 saturated heterocycles. The summed E-state index contributed by atoms with van der Waals surface area (Å²) in [6.45, 7) is 2.10. The van der Waals surface area contributed by atoms with Crippen LogP contribution in [0.5, 0.6) is 0 Å². The number of hydrogen-bond acceptors (Lipinski definition) is 4. The molecule has 0 spiro atoms. The molecule has 0 aliphatic heterocycles. The van der Waals surface area contributed by atoms with Crippen LogP contribution in [-0.4, -0.2) is 40.9 Å². The van der Waals surface area contributed by atoms with Gasteiger partial charge in [0.15, 0.2) is 0 Å². The van der Waals surface area contributed by atoms with Gasteiger partial charge >= 0.3 is 0 Å². The third-order valence-corrected chi connectivity index (χ3v) is 3.67. The average Bonchev–Trinajstić information content (AvgIpc) is 2.37. The molecule has 0 aliphatic carbocycles. The number of carbonyl (C=O) groups is 1. The van der Waals surface area contributed by atoms with Crippen LogP contribution in [-0.2, 0) is 11.2 Å². The molecule has 1 atom stereocenters. The molecule has 0 saturated carbocycles. The first-order valence-corrected chi connectivity index (χ1v) is 7.42. The van der Waals surface area contributed by atoms with Crippen LogP contribution in [0.3, 0.4) is 0 Å². The van der Waals surface area contributed by atoms with Gasteiger partial charge in [0.25, 0.3) is 0 Å². The van der Waals surface area contributed by atoms with Crippen LogP contribution in [0.2, 0.25) is 0 Å². The van der Waals surface area contributed by atoms with E-state index in [1.165, 1.54) is 0 Å². The van der Waals surface area contributed by atoms with E-state index >= 15 is 0 Å². The molecule has 5 heteroatoms. The summed E-state index contributed by atoms with van der Waals surface area (Å²) < 4.78 is 0.